The van der Waals surface area contributed by atoms with Crippen LogP contribution in [-0.4, -0.2) is 42.8 Å². The van der Waals surface area contributed by atoms with Crippen molar-refractivity contribution in [3.8, 4) is 0 Å². The van der Waals surface area contributed by atoms with Gasteiger partial charge in [0, 0.05) is 19.1 Å². The van der Waals surface area contributed by atoms with E-state index in [4.69, 9.17) is 4.55 Å². The van der Waals surface area contributed by atoms with E-state index in [1.54, 1.807) is 0 Å². The second kappa shape index (κ2) is 8.65. The van der Waals surface area contributed by atoms with Gasteiger partial charge >= 0.3 is 0 Å². The fourth-order valence-corrected chi connectivity index (χ4v) is 3.45. The number of hydrogen-bond acceptors (Lipinski definition) is 3. The average Bonchev–Trinajstić information content (AvgIpc) is 3.23. The van der Waals surface area contributed by atoms with Gasteiger partial charge in [0.05, 0.1) is 5.75 Å². The lowest BCUT2D eigenvalue weighted by molar-refractivity contribution is 0.473. The molecule has 1 heterocycles. The van der Waals surface area contributed by atoms with Crippen LogP contribution in [0.15, 0.2) is 30.3 Å². The fraction of sp³-hybridized carbons (Fsp3) is 0.647. The Morgan fingerprint density at radius 2 is 1.73 bits per heavy atom. The van der Waals surface area contributed by atoms with Gasteiger partial charge in [-0.3, -0.25) is 9.45 Å². The van der Waals surface area contributed by atoms with Crippen LogP contribution in [0.25, 0.3) is 0 Å². The van der Waals surface area contributed by atoms with E-state index in [2.05, 4.69) is 35.2 Å². The van der Waals surface area contributed by atoms with Crippen molar-refractivity contribution in [2.24, 2.45) is 0 Å². The van der Waals surface area contributed by atoms with E-state index >= 15 is 0 Å². The quantitative estimate of drug-likeness (QED) is 0.386. The SMILES string of the molecule is O=S(=O)(O)CCCCCCCC1CN1CCc1ccccc1. The van der Waals surface area contributed by atoms with Crippen LogP contribution in [0.5, 0.6) is 0 Å². The highest BCUT2D eigenvalue weighted by Gasteiger charge is 2.31. The Bertz CT molecular complexity index is 530. The van der Waals surface area contributed by atoms with Crippen LogP contribution < -0.4 is 0 Å². The lowest BCUT2D eigenvalue weighted by Crippen LogP contribution is -2.07. The summed E-state index contributed by atoms with van der Waals surface area (Å²) in [5, 5.41) is 0. The maximum Gasteiger partial charge on any atom is 0.264 e. The standard InChI is InChI=1S/C17H27NO3S/c19-22(20,21)14-8-3-1-2-7-11-17-15-18(17)13-12-16-9-5-4-6-10-16/h4-6,9-10,17H,1-3,7-8,11-15H2,(H,19,20,21). The zero-order valence-corrected chi connectivity index (χ0v) is 14.0. The molecule has 1 saturated heterocycles. The Morgan fingerprint density at radius 1 is 1.05 bits per heavy atom. The molecule has 0 spiro atoms. The molecule has 22 heavy (non-hydrogen) atoms. The first kappa shape index (κ1) is 17.4. The second-order valence-electron chi connectivity index (χ2n) is 6.23. The minimum Gasteiger partial charge on any atom is -0.297 e. The summed E-state index contributed by atoms with van der Waals surface area (Å²) >= 11 is 0. The zero-order chi connectivity index (χ0) is 15.8. The van der Waals surface area contributed by atoms with Crippen molar-refractivity contribution in [1.29, 1.82) is 0 Å². The minimum atomic E-state index is -3.76. The van der Waals surface area contributed by atoms with Crippen molar-refractivity contribution in [3.05, 3.63) is 35.9 Å². The van der Waals surface area contributed by atoms with Gasteiger partial charge in [-0.15, -0.1) is 0 Å². The molecule has 5 heteroatoms. The molecular formula is C17H27NO3S. The molecule has 2 atom stereocenters. The summed E-state index contributed by atoms with van der Waals surface area (Å²) in [6.07, 6.45) is 7.30. The monoisotopic (exact) mass is 325 g/mol. The maximum atomic E-state index is 10.6. The molecule has 1 N–H and O–H groups in total. The van der Waals surface area contributed by atoms with Gasteiger partial charge in [-0.05, 0) is 24.8 Å². The van der Waals surface area contributed by atoms with Crippen LogP contribution in [0, 0.1) is 0 Å². The molecule has 0 amide bonds. The third-order valence-corrected chi connectivity index (χ3v) is 5.10. The van der Waals surface area contributed by atoms with E-state index in [0.717, 1.165) is 38.3 Å². The predicted molar refractivity (Wildman–Crippen MR) is 89.6 cm³/mol. The Hall–Kier alpha value is -0.910. The predicted octanol–water partition coefficient (Wildman–Crippen LogP) is 3.14. The highest BCUT2D eigenvalue weighted by molar-refractivity contribution is 7.85. The molecule has 0 bridgehead atoms. The van der Waals surface area contributed by atoms with Gasteiger partial charge in [0.15, 0.2) is 0 Å². The van der Waals surface area contributed by atoms with Crippen LogP contribution >= 0.6 is 0 Å². The number of benzene rings is 1. The first-order valence-electron chi connectivity index (χ1n) is 8.28. The number of hydrogen-bond donors (Lipinski definition) is 1. The van der Waals surface area contributed by atoms with Gasteiger partial charge < -0.3 is 0 Å². The Balaban J connectivity index is 1.43. The van der Waals surface area contributed by atoms with Crippen LogP contribution in [0.2, 0.25) is 0 Å². The molecule has 124 valence electrons. The van der Waals surface area contributed by atoms with Gasteiger partial charge in [0.2, 0.25) is 0 Å². The van der Waals surface area contributed by atoms with Crippen LogP contribution in [0.4, 0.5) is 0 Å². The van der Waals surface area contributed by atoms with Crippen LogP contribution in [0.3, 0.4) is 0 Å². The Labute approximate surface area is 134 Å². The van der Waals surface area contributed by atoms with E-state index in [1.807, 2.05) is 0 Å². The third kappa shape index (κ3) is 7.38. The molecule has 4 nitrogen and oxygen atoms in total. The Kier molecular flexibility index (Phi) is 6.86. The highest BCUT2D eigenvalue weighted by atomic mass is 32.2. The summed E-state index contributed by atoms with van der Waals surface area (Å²) < 4.78 is 29.8. The lowest BCUT2D eigenvalue weighted by Gasteiger charge is -2.04. The molecule has 2 rings (SSSR count). The summed E-state index contributed by atoms with van der Waals surface area (Å²) in [6, 6.07) is 11.4. The van der Waals surface area contributed by atoms with E-state index in [0.29, 0.717) is 6.42 Å². The maximum absolute atomic E-state index is 10.6. The molecule has 1 aromatic rings. The largest absolute Gasteiger partial charge is 0.297 e. The van der Waals surface area contributed by atoms with Crippen molar-refractivity contribution in [2.45, 2.75) is 51.0 Å². The molecule has 1 aliphatic rings. The minimum absolute atomic E-state index is 0.0944. The van der Waals surface area contributed by atoms with E-state index in [9.17, 15) is 8.42 Å². The number of nitrogens with zero attached hydrogens (tertiary/aromatic N) is 1. The molecule has 2 unspecified atom stereocenters. The van der Waals surface area contributed by atoms with E-state index in [-0.39, 0.29) is 5.75 Å². The highest BCUT2D eigenvalue weighted by Crippen LogP contribution is 2.24. The molecule has 0 radical (unpaired) electrons. The van der Waals surface area contributed by atoms with E-state index < -0.39 is 10.1 Å². The second-order valence-corrected chi connectivity index (χ2v) is 7.80. The summed E-state index contributed by atoms with van der Waals surface area (Å²) in [7, 11) is -3.76. The van der Waals surface area contributed by atoms with Gasteiger partial charge in [0.25, 0.3) is 10.1 Å². The van der Waals surface area contributed by atoms with Gasteiger partial charge in [-0.2, -0.15) is 8.42 Å². The summed E-state index contributed by atoms with van der Waals surface area (Å²) in [5.41, 5.74) is 1.41. The smallest absolute Gasteiger partial charge is 0.264 e. The molecule has 1 fully saturated rings. The summed E-state index contributed by atoms with van der Waals surface area (Å²) in [4.78, 5) is 2.53. The van der Waals surface area contributed by atoms with E-state index in [1.165, 1.54) is 24.9 Å². The molecule has 0 aromatic heterocycles. The van der Waals surface area contributed by atoms with Crippen molar-refractivity contribution in [2.75, 3.05) is 18.8 Å². The van der Waals surface area contributed by atoms with Crippen molar-refractivity contribution >= 4 is 10.1 Å². The first-order chi connectivity index (χ1) is 10.5. The summed E-state index contributed by atoms with van der Waals surface area (Å²) in [5.74, 6) is -0.0944. The fourth-order valence-electron chi connectivity index (χ4n) is 2.88. The van der Waals surface area contributed by atoms with Crippen LogP contribution in [0.1, 0.15) is 44.1 Å². The molecule has 1 aromatic carbocycles. The summed E-state index contributed by atoms with van der Waals surface area (Å²) in [6.45, 7) is 2.39. The number of unbranched alkanes of at least 4 members (excludes halogenated alkanes) is 4. The number of rotatable bonds is 11. The van der Waals surface area contributed by atoms with Crippen LogP contribution in [-0.2, 0) is 16.5 Å². The molecule has 1 aliphatic heterocycles. The van der Waals surface area contributed by atoms with Gasteiger partial charge in [0.1, 0.15) is 0 Å². The average molecular weight is 325 g/mol. The molecule has 0 aliphatic carbocycles. The molecular weight excluding hydrogens is 298 g/mol. The van der Waals surface area contributed by atoms with Crippen molar-refractivity contribution in [1.82, 2.24) is 4.90 Å². The van der Waals surface area contributed by atoms with Gasteiger partial charge in [-0.25, -0.2) is 0 Å². The normalized spacial score (nSPS) is 21.0. The molecule has 0 saturated carbocycles. The van der Waals surface area contributed by atoms with Crippen molar-refractivity contribution < 1.29 is 13.0 Å². The van der Waals surface area contributed by atoms with Crippen molar-refractivity contribution in [3.63, 3.8) is 0 Å². The Morgan fingerprint density at radius 3 is 2.45 bits per heavy atom. The van der Waals surface area contributed by atoms with Gasteiger partial charge in [-0.1, -0.05) is 56.0 Å². The topological polar surface area (TPSA) is 57.4 Å². The first-order valence-corrected chi connectivity index (χ1v) is 9.89. The zero-order valence-electron chi connectivity index (χ0n) is 13.2. The third-order valence-electron chi connectivity index (χ3n) is 4.30. The lowest BCUT2D eigenvalue weighted by atomic mass is 10.1.